The second-order valence-corrected chi connectivity index (χ2v) is 4.38. The number of nitrogens with zero attached hydrogens (tertiary/aromatic N) is 3. The summed E-state index contributed by atoms with van der Waals surface area (Å²) in [4.78, 5) is 11.9. The maximum Gasteiger partial charge on any atom is 0.434 e. The lowest BCUT2D eigenvalue weighted by molar-refractivity contribution is -0.140. The molecule has 102 valence electrons. The Morgan fingerprint density at radius 2 is 1.80 bits per heavy atom. The van der Waals surface area contributed by atoms with Gasteiger partial charge in [-0.05, 0) is 6.07 Å². The maximum absolute atomic E-state index is 13.1. The van der Waals surface area contributed by atoms with Gasteiger partial charge in [0.15, 0.2) is 5.69 Å². The van der Waals surface area contributed by atoms with Gasteiger partial charge in [0.2, 0.25) is 0 Å². The van der Waals surface area contributed by atoms with Crippen molar-refractivity contribution in [3.63, 3.8) is 0 Å². The van der Waals surface area contributed by atoms with E-state index in [-0.39, 0.29) is 11.2 Å². The van der Waals surface area contributed by atoms with Crippen LogP contribution in [0.1, 0.15) is 18.4 Å². The largest absolute Gasteiger partial charge is 0.434 e. The molecule has 0 saturated heterocycles. The predicted octanol–water partition coefficient (Wildman–Crippen LogP) is 3.76. The van der Waals surface area contributed by atoms with Crippen LogP contribution in [0.5, 0.6) is 0 Å². The lowest BCUT2D eigenvalue weighted by atomic mass is 10.1. The zero-order valence-corrected chi connectivity index (χ0v) is 10.6. The predicted molar refractivity (Wildman–Crippen MR) is 69.2 cm³/mol. The molecule has 3 aromatic rings. The second-order valence-electron chi connectivity index (χ2n) is 4.38. The number of rotatable bonds is 1. The highest BCUT2D eigenvalue weighted by Gasteiger charge is 2.35. The Kier molecular flexibility index (Phi) is 2.81. The zero-order valence-electron chi connectivity index (χ0n) is 10.6. The summed E-state index contributed by atoms with van der Waals surface area (Å²) in [5.74, 6) is 0.182. The minimum Gasteiger partial charge on any atom is -0.255 e. The van der Waals surface area contributed by atoms with Crippen LogP contribution in [0.4, 0.5) is 13.2 Å². The first-order valence-electron chi connectivity index (χ1n) is 6.12. The Morgan fingerprint density at radius 3 is 2.50 bits per heavy atom. The molecule has 0 spiro atoms. The first-order valence-corrected chi connectivity index (χ1v) is 6.12. The van der Waals surface area contributed by atoms with Crippen molar-refractivity contribution in [2.75, 3.05) is 0 Å². The number of alkyl halides is 3. The van der Waals surface area contributed by atoms with E-state index in [0.29, 0.717) is 22.8 Å². The second kappa shape index (κ2) is 4.40. The van der Waals surface area contributed by atoms with Gasteiger partial charge in [0.25, 0.3) is 0 Å². The quantitative estimate of drug-likeness (QED) is 0.636. The van der Waals surface area contributed by atoms with Crippen LogP contribution in [0.15, 0.2) is 30.5 Å². The Hall–Kier alpha value is -2.24. The molecular weight excluding hydrogens is 267 g/mol. The number of hydrogen-bond acceptors (Lipinski definition) is 3. The van der Waals surface area contributed by atoms with E-state index in [4.69, 9.17) is 0 Å². The lowest BCUT2D eigenvalue weighted by Crippen LogP contribution is -2.12. The topological polar surface area (TPSA) is 38.7 Å². The maximum atomic E-state index is 13.1. The summed E-state index contributed by atoms with van der Waals surface area (Å²) >= 11 is 0. The summed E-state index contributed by atoms with van der Waals surface area (Å²) in [6.07, 6.45) is -2.98. The van der Waals surface area contributed by atoms with Crippen LogP contribution in [-0.2, 0) is 12.6 Å². The number of benzene rings is 1. The number of fused-ring (bicyclic) bond motifs is 3. The third-order valence-electron chi connectivity index (χ3n) is 3.07. The Balaban J connectivity index is 2.49. The van der Waals surface area contributed by atoms with E-state index in [0.717, 1.165) is 0 Å². The molecule has 3 rings (SSSR count). The van der Waals surface area contributed by atoms with E-state index in [1.54, 1.807) is 31.2 Å². The van der Waals surface area contributed by atoms with Gasteiger partial charge in [0.05, 0.1) is 16.4 Å². The van der Waals surface area contributed by atoms with Crippen molar-refractivity contribution < 1.29 is 13.2 Å². The number of hydrogen-bond donors (Lipinski definition) is 0. The third kappa shape index (κ3) is 1.97. The van der Waals surface area contributed by atoms with Gasteiger partial charge in [0.1, 0.15) is 5.82 Å². The molecule has 3 nitrogen and oxygen atoms in total. The monoisotopic (exact) mass is 277 g/mol. The summed E-state index contributed by atoms with van der Waals surface area (Å²) in [6, 6.07) is 7.01. The number of para-hydroxylation sites is 1. The summed E-state index contributed by atoms with van der Waals surface area (Å²) in [5.41, 5.74) is 0.00116. The molecule has 0 amide bonds. The molecule has 0 fully saturated rings. The molecule has 0 aliphatic carbocycles. The number of pyridine rings is 1. The Bertz CT molecular complexity index is 797. The molecule has 2 aromatic heterocycles. The molecule has 1 aromatic carbocycles. The van der Waals surface area contributed by atoms with Gasteiger partial charge in [-0.2, -0.15) is 13.2 Å². The van der Waals surface area contributed by atoms with Crippen molar-refractivity contribution >= 4 is 21.8 Å². The number of aryl methyl sites for hydroxylation is 1. The molecule has 0 aliphatic rings. The minimum absolute atomic E-state index is 0.0617. The molecule has 2 heterocycles. The van der Waals surface area contributed by atoms with E-state index in [9.17, 15) is 13.2 Å². The van der Waals surface area contributed by atoms with Gasteiger partial charge in [0, 0.05) is 18.0 Å². The Labute approximate surface area is 112 Å². The van der Waals surface area contributed by atoms with Crippen LogP contribution >= 0.6 is 0 Å². The average Bonchev–Trinajstić information content (AvgIpc) is 2.44. The van der Waals surface area contributed by atoms with Crippen molar-refractivity contribution in [2.24, 2.45) is 0 Å². The molecule has 20 heavy (non-hydrogen) atoms. The van der Waals surface area contributed by atoms with E-state index < -0.39 is 11.9 Å². The normalized spacial score (nSPS) is 12.2. The fourth-order valence-electron chi connectivity index (χ4n) is 2.14. The van der Waals surface area contributed by atoms with Crippen molar-refractivity contribution in [1.82, 2.24) is 15.0 Å². The summed E-state index contributed by atoms with van der Waals surface area (Å²) in [6.45, 7) is 1.73. The third-order valence-corrected chi connectivity index (χ3v) is 3.07. The molecular formula is C14H10F3N3. The van der Waals surface area contributed by atoms with Crippen molar-refractivity contribution in [2.45, 2.75) is 19.5 Å². The first kappa shape index (κ1) is 12.8. The standard InChI is InChI=1S/C14H10F3N3/c1-2-11-19-12-8-5-3-4-6-10(8)18-7-9(12)13(20-11)14(15,16)17/h3-7H,2H2,1H3. The van der Waals surface area contributed by atoms with Crippen LogP contribution in [0.2, 0.25) is 0 Å². The summed E-state index contributed by atoms with van der Waals surface area (Å²) < 4.78 is 39.3. The van der Waals surface area contributed by atoms with Crippen molar-refractivity contribution in [1.29, 1.82) is 0 Å². The molecule has 0 N–H and O–H groups in total. The van der Waals surface area contributed by atoms with Gasteiger partial charge >= 0.3 is 6.18 Å². The molecule has 6 heteroatoms. The van der Waals surface area contributed by atoms with Crippen LogP contribution in [0, 0.1) is 0 Å². The van der Waals surface area contributed by atoms with Crippen LogP contribution < -0.4 is 0 Å². The van der Waals surface area contributed by atoms with Crippen LogP contribution in [0.25, 0.3) is 21.8 Å². The molecule has 0 saturated carbocycles. The lowest BCUT2D eigenvalue weighted by Gasteiger charge is -2.11. The van der Waals surface area contributed by atoms with Gasteiger partial charge in [-0.25, -0.2) is 9.97 Å². The number of aromatic nitrogens is 3. The van der Waals surface area contributed by atoms with Crippen LogP contribution in [-0.4, -0.2) is 15.0 Å². The van der Waals surface area contributed by atoms with E-state index >= 15 is 0 Å². The smallest absolute Gasteiger partial charge is 0.255 e. The highest BCUT2D eigenvalue weighted by Crippen LogP contribution is 2.34. The fourth-order valence-corrected chi connectivity index (χ4v) is 2.14. The average molecular weight is 277 g/mol. The van der Waals surface area contributed by atoms with Crippen molar-refractivity contribution in [3.8, 4) is 0 Å². The highest BCUT2D eigenvalue weighted by atomic mass is 19.4. The molecule has 0 unspecified atom stereocenters. The summed E-state index contributed by atoms with van der Waals surface area (Å²) in [7, 11) is 0. The minimum atomic E-state index is -4.52. The number of halogens is 3. The van der Waals surface area contributed by atoms with E-state index in [1.165, 1.54) is 6.20 Å². The zero-order chi connectivity index (χ0) is 14.3. The Morgan fingerprint density at radius 1 is 1.05 bits per heavy atom. The summed E-state index contributed by atoms with van der Waals surface area (Å²) in [5, 5.41) is 0.543. The molecule has 0 radical (unpaired) electrons. The van der Waals surface area contributed by atoms with Gasteiger partial charge in [-0.15, -0.1) is 0 Å². The SMILES string of the molecule is CCc1nc(C(F)(F)F)c2cnc3ccccc3c2n1. The molecule has 0 aliphatic heterocycles. The first-order chi connectivity index (χ1) is 9.50. The fraction of sp³-hybridized carbons (Fsp3) is 0.214. The van der Waals surface area contributed by atoms with E-state index in [1.807, 2.05) is 0 Å². The van der Waals surface area contributed by atoms with E-state index in [2.05, 4.69) is 15.0 Å². The molecule has 0 atom stereocenters. The van der Waals surface area contributed by atoms with Gasteiger partial charge in [-0.3, -0.25) is 4.98 Å². The molecule has 0 bridgehead atoms. The van der Waals surface area contributed by atoms with Crippen molar-refractivity contribution in [3.05, 3.63) is 42.0 Å². The van der Waals surface area contributed by atoms with Crippen LogP contribution in [0.3, 0.4) is 0 Å². The van der Waals surface area contributed by atoms with Gasteiger partial charge in [-0.1, -0.05) is 25.1 Å². The highest BCUT2D eigenvalue weighted by molar-refractivity contribution is 6.03. The van der Waals surface area contributed by atoms with Gasteiger partial charge < -0.3 is 0 Å².